The third-order valence-electron chi connectivity index (χ3n) is 4.82. The number of likely N-dealkylation sites (N-methyl/N-ethyl adjacent to an activating group) is 1. The molecular formula is C23H18Cl2N2O2. The van der Waals surface area contributed by atoms with Crippen LogP contribution in [-0.4, -0.2) is 41.5 Å². The zero-order chi connectivity index (χ0) is 20.7. The molecular weight excluding hydrogens is 407 g/mol. The molecule has 0 amide bonds. The molecule has 2 aromatic carbocycles. The smallest absolute Gasteiger partial charge is 0.211 e. The summed E-state index contributed by atoms with van der Waals surface area (Å²) in [5.74, 6) is -0.314. The number of aromatic nitrogens is 1. The number of pyridine rings is 1. The lowest BCUT2D eigenvalue weighted by molar-refractivity contribution is 0.0959. The van der Waals surface area contributed by atoms with E-state index in [0.29, 0.717) is 21.8 Å². The Morgan fingerprint density at radius 3 is 2.45 bits per heavy atom. The van der Waals surface area contributed by atoms with Gasteiger partial charge in [-0.05, 0) is 49.8 Å². The minimum Gasteiger partial charge on any atom is -0.312 e. The Balaban J connectivity index is 1.99. The van der Waals surface area contributed by atoms with Crippen molar-refractivity contribution in [1.82, 2.24) is 9.30 Å². The number of rotatable bonds is 5. The van der Waals surface area contributed by atoms with Gasteiger partial charge in [-0.1, -0.05) is 47.5 Å². The van der Waals surface area contributed by atoms with Crippen molar-refractivity contribution in [2.45, 2.75) is 0 Å². The van der Waals surface area contributed by atoms with E-state index in [1.165, 1.54) is 0 Å². The summed E-state index contributed by atoms with van der Waals surface area (Å²) in [4.78, 5) is 28.1. The van der Waals surface area contributed by atoms with Gasteiger partial charge in [0.05, 0.1) is 22.8 Å². The molecule has 4 nitrogen and oxygen atoms in total. The first-order chi connectivity index (χ1) is 13.9. The van der Waals surface area contributed by atoms with Crippen LogP contribution in [0.4, 0.5) is 0 Å². The molecule has 2 heterocycles. The lowest BCUT2D eigenvalue weighted by Crippen LogP contribution is -2.21. The van der Waals surface area contributed by atoms with Crippen molar-refractivity contribution in [3.05, 3.63) is 87.7 Å². The minimum atomic E-state index is -0.263. The summed E-state index contributed by atoms with van der Waals surface area (Å²) in [6.07, 6.45) is 1.82. The Kier molecular flexibility index (Phi) is 5.17. The molecule has 0 radical (unpaired) electrons. The van der Waals surface area contributed by atoms with E-state index in [1.54, 1.807) is 28.7 Å². The third kappa shape index (κ3) is 3.55. The first-order valence-electron chi connectivity index (χ1n) is 9.07. The van der Waals surface area contributed by atoms with Crippen LogP contribution in [0.3, 0.4) is 0 Å². The standard InChI is InChI=1S/C23H18Cl2N2O2/c1-26(2)13-21(28)18-12-20(23(29)17-8-7-15(24)11-19(17)25)27-10-9-14-5-3-4-6-16(14)22(18)27/h3-12H,13H2,1-2H3. The first-order valence-corrected chi connectivity index (χ1v) is 9.83. The molecule has 0 aliphatic rings. The molecule has 0 atom stereocenters. The van der Waals surface area contributed by atoms with Crippen molar-refractivity contribution in [3.8, 4) is 0 Å². The number of hydrogen-bond acceptors (Lipinski definition) is 3. The Morgan fingerprint density at radius 1 is 0.966 bits per heavy atom. The zero-order valence-corrected chi connectivity index (χ0v) is 17.5. The summed E-state index contributed by atoms with van der Waals surface area (Å²) in [6, 6.07) is 16.2. The second kappa shape index (κ2) is 7.64. The van der Waals surface area contributed by atoms with E-state index in [9.17, 15) is 9.59 Å². The number of Topliss-reactive ketones (excluding diaryl/α,β-unsaturated/α-hetero) is 1. The summed E-state index contributed by atoms with van der Waals surface area (Å²) in [6.45, 7) is 0.248. The van der Waals surface area contributed by atoms with Gasteiger partial charge >= 0.3 is 0 Å². The highest BCUT2D eigenvalue weighted by molar-refractivity contribution is 6.37. The fraction of sp³-hybridized carbons (Fsp3) is 0.130. The van der Waals surface area contributed by atoms with Crippen LogP contribution < -0.4 is 0 Å². The van der Waals surface area contributed by atoms with Gasteiger partial charge in [-0.25, -0.2) is 0 Å². The van der Waals surface area contributed by atoms with Crippen molar-refractivity contribution >= 4 is 51.1 Å². The number of carbonyl (C=O) groups excluding carboxylic acids is 2. The Hall–Kier alpha value is -2.66. The average molecular weight is 425 g/mol. The number of hydrogen-bond donors (Lipinski definition) is 0. The number of carbonyl (C=O) groups is 2. The van der Waals surface area contributed by atoms with Crippen LogP contribution in [0.2, 0.25) is 10.0 Å². The molecule has 0 aliphatic heterocycles. The summed E-state index contributed by atoms with van der Waals surface area (Å²) in [5, 5.41) is 2.65. The van der Waals surface area contributed by atoms with Crippen molar-refractivity contribution in [2.75, 3.05) is 20.6 Å². The third-order valence-corrected chi connectivity index (χ3v) is 5.37. The van der Waals surface area contributed by atoms with E-state index in [4.69, 9.17) is 23.2 Å². The fourth-order valence-corrected chi connectivity index (χ4v) is 4.03. The van der Waals surface area contributed by atoms with Gasteiger partial charge in [-0.3, -0.25) is 9.59 Å². The topological polar surface area (TPSA) is 41.8 Å². The SMILES string of the molecule is CN(C)CC(=O)c1cc(C(=O)c2ccc(Cl)cc2Cl)n2ccc3ccccc3c12. The second-order valence-electron chi connectivity index (χ2n) is 7.18. The highest BCUT2D eigenvalue weighted by Crippen LogP contribution is 2.30. The summed E-state index contributed by atoms with van der Waals surface area (Å²) in [7, 11) is 3.68. The molecule has 29 heavy (non-hydrogen) atoms. The van der Waals surface area contributed by atoms with Crippen molar-refractivity contribution in [3.63, 3.8) is 0 Å². The van der Waals surface area contributed by atoms with Crippen LogP contribution in [0.5, 0.6) is 0 Å². The van der Waals surface area contributed by atoms with Gasteiger partial charge in [-0.2, -0.15) is 0 Å². The summed E-state index contributed by atoms with van der Waals surface area (Å²) in [5.41, 5.74) is 1.97. The Morgan fingerprint density at radius 2 is 1.72 bits per heavy atom. The first kappa shape index (κ1) is 19.6. The van der Waals surface area contributed by atoms with Crippen molar-refractivity contribution < 1.29 is 9.59 Å². The number of nitrogens with zero attached hydrogens (tertiary/aromatic N) is 2. The van der Waals surface area contributed by atoms with E-state index in [0.717, 1.165) is 16.3 Å². The van der Waals surface area contributed by atoms with Crippen LogP contribution in [0, 0.1) is 0 Å². The van der Waals surface area contributed by atoms with Gasteiger partial charge < -0.3 is 9.30 Å². The molecule has 0 fully saturated rings. The van der Waals surface area contributed by atoms with Crippen LogP contribution in [-0.2, 0) is 0 Å². The van der Waals surface area contributed by atoms with E-state index in [2.05, 4.69) is 0 Å². The van der Waals surface area contributed by atoms with Crippen LogP contribution in [0.15, 0.2) is 60.8 Å². The average Bonchev–Trinajstić information content (AvgIpc) is 3.07. The van der Waals surface area contributed by atoms with Gasteiger partial charge in [0.1, 0.15) is 0 Å². The molecule has 4 aromatic rings. The van der Waals surface area contributed by atoms with Gasteiger partial charge in [-0.15, -0.1) is 0 Å². The van der Waals surface area contributed by atoms with Crippen molar-refractivity contribution in [2.24, 2.45) is 0 Å². The van der Waals surface area contributed by atoms with E-state index >= 15 is 0 Å². The molecule has 0 saturated heterocycles. The maximum atomic E-state index is 13.3. The molecule has 0 saturated carbocycles. The van der Waals surface area contributed by atoms with Crippen LogP contribution >= 0.6 is 23.2 Å². The predicted molar refractivity (Wildman–Crippen MR) is 118 cm³/mol. The molecule has 146 valence electrons. The van der Waals surface area contributed by atoms with E-state index in [1.807, 2.05) is 55.5 Å². The maximum absolute atomic E-state index is 13.3. The number of halogens is 2. The van der Waals surface area contributed by atoms with E-state index in [-0.39, 0.29) is 23.1 Å². The fourth-order valence-electron chi connectivity index (χ4n) is 3.54. The molecule has 0 aliphatic carbocycles. The van der Waals surface area contributed by atoms with Crippen LogP contribution in [0.1, 0.15) is 26.4 Å². The Bertz CT molecular complexity index is 1270. The second-order valence-corrected chi connectivity index (χ2v) is 8.02. The van der Waals surface area contributed by atoms with Gasteiger partial charge in [0.25, 0.3) is 0 Å². The number of fused-ring (bicyclic) bond motifs is 3. The largest absolute Gasteiger partial charge is 0.312 e. The molecule has 0 spiro atoms. The number of benzene rings is 2. The summed E-state index contributed by atoms with van der Waals surface area (Å²) >= 11 is 12.2. The van der Waals surface area contributed by atoms with E-state index < -0.39 is 0 Å². The van der Waals surface area contributed by atoms with Gasteiger partial charge in [0, 0.05) is 27.7 Å². The monoisotopic (exact) mass is 424 g/mol. The van der Waals surface area contributed by atoms with Crippen molar-refractivity contribution in [1.29, 1.82) is 0 Å². The molecule has 0 bridgehead atoms. The quantitative estimate of drug-likeness (QED) is 0.404. The van der Waals surface area contributed by atoms with Crippen LogP contribution in [0.25, 0.3) is 16.3 Å². The molecule has 2 aromatic heterocycles. The lowest BCUT2D eigenvalue weighted by atomic mass is 10.1. The molecule has 0 N–H and O–H groups in total. The molecule has 6 heteroatoms. The lowest BCUT2D eigenvalue weighted by Gasteiger charge is -2.09. The molecule has 0 unspecified atom stereocenters. The Labute approximate surface area is 178 Å². The normalized spacial score (nSPS) is 11.5. The predicted octanol–water partition coefficient (Wildman–Crippen LogP) is 5.37. The zero-order valence-electron chi connectivity index (χ0n) is 15.9. The highest BCUT2D eigenvalue weighted by Gasteiger charge is 2.23. The highest BCUT2D eigenvalue weighted by atomic mass is 35.5. The molecule has 4 rings (SSSR count). The van der Waals surface area contributed by atoms with Gasteiger partial charge in [0.15, 0.2) is 5.78 Å². The minimum absolute atomic E-state index is 0.0508. The summed E-state index contributed by atoms with van der Waals surface area (Å²) < 4.78 is 1.78. The maximum Gasteiger partial charge on any atom is 0.211 e. The van der Waals surface area contributed by atoms with Gasteiger partial charge in [0.2, 0.25) is 5.78 Å². The number of ketones is 2.